The molecule has 1 saturated carbocycles. The summed E-state index contributed by atoms with van der Waals surface area (Å²) in [7, 11) is 0. The molecule has 29 heavy (non-hydrogen) atoms. The van der Waals surface area contributed by atoms with Gasteiger partial charge in [0.2, 0.25) is 5.95 Å². The van der Waals surface area contributed by atoms with Crippen molar-refractivity contribution in [3.05, 3.63) is 41.6 Å². The van der Waals surface area contributed by atoms with Gasteiger partial charge in [0, 0.05) is 31.4 Å². The first-order valence-corrected chi connectivity index (χ1v) is 10.7. The first-order chi connectivity index (χ1) is 14.2. The molecule has 150 valence electrons. The summed E-state index contributed by atoms with van der Waals surface area (Å²) >= 11 is 0. The molecule has 0 radical (unpaired) electrons. The first kappa shape index (κ1) is 19.4. The lowest BCUT2D eigenvalue weighted by atomic mass is 9.89. The fourth-order valence-electron chi connectivity index (χ4n) is 4.25. The number of hydrogen-bond donors (Lipinski definition) is 1. The molecule has 2 aromatic rings. The zero-order valence-corrected chi connectivity index (χ0v) is 16.7. The zero-order chi connectivity index (χ0) is 20.1. The summed E-state index contributed by atoms with van der Waals surface area (Å²) in [6, 6.07) is 9.36. The Labute approximate surface area is 172 Å². The Bertz CT molecular complexity index is 890. The van der Waals surface area contributed by atoms with E-state index in [2.05, 4.69) is 21.3 Å². The normalized spacial score (nSPS) is 17.1. The highest BCUT2D eigenvalue weighted by Crippen LogP contribution is 2.26. The van der Waals surface area contributed by atoms with Gasteiger partial charge in [0.1, 0.15) is 0 Å². The fourth-order valence-corrected chi connectivity index (χ4v) is 4.25. The molecule has 4 rings (SSSR count). The van der Waals surface area contributed by atoms with E-state index in [1.165, 1.54) is 32.1 Å². The van der Waals surface area contributed by atoms with Crippen molar-refractivity contribution in [2.45, 2.75) is 44.9 Å². The average molecular weight is 390 g/mol. The minimum atomic E-state index is -0.122. The number of anilines is 1. The van der Waals surface area contributed by atoms with Gasteiger partial charge in [0.05, 0.1) is 22.9 Å². The van der Waals surface area contributed by atoms with Crippen LogP contribution in [0.3, 0.4) is 0 Å². The molecular weight excluding hydrogens is 362 g/mol. The lowest BCUT2D eigenvalue weighted by Gasteiger charge is -2.22. The van der Waals surface area contributed by atoms with E-state index in [4.69, 9.17) is 10.2 Å². The second-order valence-electron chi connectivity index (χ2n) is 8.03. The Balaban J connectivity index is 1.60. The number of nitrogens with zero attached hydrogens (tertiary/aromatic N) is 4. The van der Waals surface area contributed by atoms with Gasteiger partial charge in [0.15, 0.2) is 0 Å². The number of rotatable bonds is 5. The van der Waals surface area contributed by atoms with Crippen molar-refractivity contribution in [3.63, 3.8) is 0 Å². The second kappa shape index (κ2) is 9.04. The molecule has 0 spiro atoms. The van der Waals surface area contributed by atoms with Crippen LogP contribution < -0.4 is 10.2 Å². The van der Waals surface area contributed by atoms with Gasteiger partial charge in [0.25, 0.3) is 5.91 Å². The molecule has 0 atom stereocenters. The van der Waals surface area contributed by atoms with E-state index in [0.29, 0.717) is 35.2 Å². The van der Waals surface area contributed by atoms with Gasteiger partial charge < -0.3 is 10.2 Å². The molecule has 0 bridgehead atoms. The van der Waals surface area contributed by atoms with Crippen LogP contribution in [0.4, 0.5) is 5.95 Å². The minimum absolute atomic E-state index is 0.122. The molecule has 1 N–H and O–H groups in total. The summed E-state index contributed by atoms with van der Waals surface area (Å²) in [6.07, 6.45) is 10.1. The lowest BCUT2D eigenvalue weighted by molar-refractivity contribution is 0.0943. The number of aromatic nitrogens is 2. The Morgan fingerprint density at radius 1 is 1.10 bits per heavy atom. The van der Waals surface area contributed by atoms with Crippen LogP contribution in [0.2, 0.25) is 0 Å². The highest BCUT2D eigenvalue weighted by Gasteiger charge is 2.22. The third kappa shape index (κ3) is 4.56. The lowest BCUT2D eigenvalue weighted by Crippen LogP contribution is -2.31. The van der Waals surface area contributed by atoms with Gasteiger partial charge in [-0.1, -0.05) is 31.4 Å². The monoisotopic (exact) mass is 389 g/mol. The number of benzene rings is 1. The number of carbonyl (C=O) groups excluding carboxylic acids is 1. The van der Waals surface area contributed by atoms with Gasteiger partial charge >= 0.3 is 0 Å². The summed E-state index contributed by atoms with van der Waals surface area (Å²) in [5.74, 6) is 1.12. The third-order valence-electron chi connectivity index (χ3n) is 5.97. The summed E-state index contributed by atoms with van der Waals surface area (Å²) in [4.78, 5) is 24.4. The quantitative estimate of drug-likeness (QED) is 0.838. The molecule has 1 amide bonds. The van der Waals surface area contributed by atoms with Crippen LogP contribution in [0.1, 0.15) is 60.9 Å². The van der Waals surface area contributed by atoms with E-state index in [9.17, 15) is 4.79 Å². The Morgan fingerprint density at radius 3 is 2.52 bits per heavy atom. The molecule has 0 unspecified atom stereocenters. The second-order valence-corrected chi connectivity index (χ2v) is 8.03. The summed E-state index contributed by atoms with van der Waals surface area (Å²) in [6.45, 7) is 2.60. The van der Waals surface area contributed by atoms with Crippen molar-refractivity contribution in [2.75, 3.05) is 24.5 Å². The molecule has 2 heterocycles. The van der Waals surface area contributed by atoms with Gasteiger partial charge in [-0.05, 0) is 43.7 Å². The zero-order valence-electron chi connectivity index (χ0n) is 16.7. The predicted octanol–water partition coefficient (Wildman–Crippen LogP) is 3.93. The molecule has 2 fully saturated rings. The van der Waals surface area contributed by atoms with Crippen LogP contribution in [0.25, 0.3) is 11.3 Å². The summed E-state index contributed by atoms with van der Waals surface area (Å²) in [5.41, 5.74) is 2.54. The number of nitrogens with one attached hydrogen (secondary N) is 1. The smallest absolute Gasteiger partial charge is 0.255 e. The number of nitriles is 1. The molecule has 6 heteroatoms. The van der Waals surface area contributed by atoms with E-state index in [1.54, 1.807) is 18.3 Å². The minimum Gasteiger partial charge on any atom is -0.352 e. The molecule has 1 aromatic carbocycles. The average Bonchev–Trinajstić information content (AvgIpc) is 3.33. The van der Waals surface area contributed by atoms with Crippen LogP contribution in [-0.4, -0.2) is 35.5 Å². The molecule has 6 nitrogen and oxygen atoms in total. The largest absolute Gasteiger partial charge is 0.352 e. The van der Waals surface area contributed by atoms with Crippen molar-refractivity contribution in [1.29, 1.82) is 5.26 Å². The molecule has 1 aromatic heterocycles. The predicted molar refractivity (Wildman–Crippen MR) is 113 cm³/mol. The van der Waals surface area contributed by atoms with E-state index in [1.807, 2.05) is 12.1 Å². The van der Waals surface area contributed by atoms with Gasteiger partial charge in [-0.25, -0.2) is 9.97 Å². The van der Waals surface area contributed by atoms with Gasteiger partial charge in [-0.2, -0.15) is 5.26 Å². The van der Waals surface area contributed by atoms with Crippen molar-refractivity contribution in [1.82, 2.24) is 15.3 Å². The maximum atomic E-state index is 13.0. The molecule has 2 aliphatic rings. The Morgan fingerprint density at radius 2 is 1.83 bits per heavy atom. The topological polar surface area (TPSA) is 81.9 Å². The Hall–Kier alpha value is -2.94. The van der Waals surface area contributed by atoms with E-state index in [-0.39, 0.29) is 5.91 Å². The number of hydrogen-bond acceptors (Lipinski definition) is 5. The summed E-state index contributed by atoms with van der Waals surface area (Å²) in [5, 5.41) is 12.2. The maximum absolute atomic E-state index is 13.0. The number of carbonyl (C=O) groups is 1. The first-order valence-electron chi connectivity index (χ1n) is 10.7. The SMILES string of the molecule is N#Cc1ccc(-c2nc(N3CCCC3)ncc2C(=O)NCC2CCCCC2)cc1. The van der Waals surface area contributed by atoms with E-state index >= 15 is 0 Å². The van der Waals surface area contributed by atoms with Gasteiger partial charge in [-0.3, -0.25) is 4.79 Å². The highest BCUT2D eigenvalue weighted by atomic mass is 16.1. The molecule has 1 aliphatic heterocycles. The van der Waals surface area contributed by atoms with Crippen molar-refractivity contribution in [2.24, 2.45) is 5.92 Å². The highest BCUT2D eigenvalue weighted by molar-refractivity contribution is 5.99. The van der Waals surface area contributed by atoms with Gasteiger partial charge in [-0.15, -0.1) is 0 Å². The maximum Gasteiger partial charge on any atom is 0.255 e. The van der Waals surface area contributed by atoms with Crippen molar-refractivity contribution in [3.8, 4) is 17.3 Å². The molecule has 1 aliphatic carbocycles. The Kier molecular flexibility index (Phi) is 6.04. The van der Waals surface area contributed by atoms with E-state index < -0.39 is 0 Å². The third-order valence-corrected chi connectivity index (χ3v) is 5.97. The van der Waals surface area contributed by atoms with Crippen LogP contribution in [0.5, 0.6) is 0 Å². The molecule has 1 saturated heterocycles. The molecular formula is C23H27N5O. The van der Waals surface area contributed by atoms with Crippen molar-refractivity contribution < 1.29 is 4.79 Å². The fraction of sp³-hybridized carbons (Fsp3) is 0.478. The van der Waals surface area contributed by atoms with Crippen LogP contribution in [-0.2, 0) is 0 Å². The van der Waals surface area contributed by atoms with E-state index in [0.717, 1.165) is 31.5 Å². The standard InChI is InChI=1S/C23H27N5O/c24-14-17-8-10-19(11-9-17)21-20(16-26-23(27-21)28-12-4-5-13-28)22(29)25-15-18-6-2-1-3-7-18/h8-11,16,18H,1-7,12-13,15H2,(H,25,29). The summed E-state index contributed by atoms with van der Waals surface area (Å²) < 4.78 is 0. The van der Waals surface area contributed by atoms with Crippen LogP contribution in [0.15, 0.2) is 30.5 Å². The van der Waals surface area contributed by atoms with Crippen LogP contribution in [0, 0.1) is 17.2 Å². The van der Waals surface area contributed by atoms with Crippen LogP contribution >= 0.6 is 0 Å². The number of amides is 1. The van der Waals surface area contributed by atoms with Crippen molar-refractivity contribution >= 4 is 11.9 Å².